The van der Waals surface area contributed by atoms with Crippen molar-refractivity contribution in [3.8, 4) is 0 Å². The molecule has 4 heteroatoms. The number of amides is 1. The molecule has 0 aliphatic heterocycles. The molecule has 150 valence electrons. The van der Waals surface area contributed by atoms with Gasteiger partial charge in [0.25, 0.3) is 0 Å². The van der Waals surface area contributed by atoms with Gasteiger partial charge < -0.3 is 22.2 Å². The minimum absolute atomic E-state index is 0. The van der Waals surface area contributed by atoms with E-state index in [9.17, 15) is 4.79 Å². The van der Waals surface area contributed by atoms with Crippen molar-refractivity contribution in [2.45, 2.75) is 83.5 Å². The molecule has 3 nitrogen and oxygen atoms in total. The number of quaternary nitrogens is 1. The van der Waals surface area contributed by atoms with Crippen molar-refractivity contribution in [2.24, 2.45) is 0 Å². The van der Waals surface area contributed by atoms with Crippen LogP contribution in [0.15, 0.2) is 12.7 Å². The van der Waals surface area contributed by atoms with E-state index in [0.717, 1.165) is 17.4 Å². The molecule has 0 fully saturated rings. The monoisotopic (exact) mass is 374 g/mol. The number of rotatable bonds is 17. The maximum atomic E-state index is 11.0. The molecule has 0 saturated carbocycles. The number of carbonyl (C=O) groups excluding carboxylic acids is 1. The SMILES string of the molecule is C=CC(=O)NCCCCCCCCCCCCCCC[N+](C)(C)C.[Cl-]. The van der Waals surface area contributed by atoms with Gasteiger partial charge in [-0.2, -0.15) is 0 Å². The van der Waals surface area contributed by atoms with E-state index in [2.05, 4.69) is 33.0 Å². The van der Waals surface area contributed by atoms with E-state index in [1.54, 1.807) is 0 Å². The topological polar surface area (TPSA) is 29.1 Å². The normalized spacial score (nSPS) is 11.0. The molecule has 0 heterocycles. The van der Waals surface area contributed by atoms with Gasteiger partial charge in [-0.15, -0.1) is 0 Å². The molecule has 0 spiro atoms. The first-order valence-corrected chi connectivity index (χ1v) is 10.2. The zero-order valence-electron chi connectivity index (χ0n) is 17.1. The lowest BCUT2D eigenvalue weighted by molar-refractivity contribution is -0.870. The number of hydrogen-bond donors (Lipinski definition) is 1. The third-order valence-electron chi connectivity index (χ3n) is 4.49. The van der Waals surface area contributed by atoms with Crippen LogP contribution in [0.5, 0.6) is 0 Å². The van der Waals surface area contributed by atoms with E-state index in [1.807, 2.05) is 0 Å². The van der Waals surface area contributed by atoms with Crippen molar-refractivity contribution in [2.75, 3.05) is 34.2 Å². The molecule has 1 amide bonds. The second-order valence-corrected chi connectivity index (χ2v) is 8.11. The van der Waals surface area contributed by atoms with E-state index in [-0.39, 0.29) is 18.3 Å². The molecule has 0 bridgehead atoms. The Bertz CT molecular complexity index is 314. The lowest BCUT2D eigenvalue weighted by atomic mass is 10.0. The molecular weight excluding hydrogens is 332 g/mol. The maximum Gasteiger partial charge on any atom is 0.243 e. The Hall–Kier alpha value is -0.540. The fraction of sp³-hybridized carbons (Fsp3) is 0.857. The third kappa shape index (κ3) is 23.5. The number of nitrogens with one attached hydrogen (secondary N) is 1. The van der Waals surface area contributed by atoms with Gasteiger partial charge in [0.05, 0.1) is 27.7 Å². The van der Waals surface area contributed by atoms with E-state index in [0.29, 0.717) is 0 Å². The summed E-state index contributed by atoms with van der Waals surface area (Å²) >= 11 is 0. The number of halogens is 1. The lowest BCUT2D eigenvalue weighted by Crippen LogP contribution is -3.00. The van der Waals surface area contributed by atoms with E-state index in [1.165, 1.54) is 89.7 Å². The van der Waals surface area contributed by atoms with Crippen molar-refractivity contribution >= 4 is 5.91 Å². The van der Waals surface area contributed by atoms with Crippen LogP contribution >= 0.6 is 0 Å². The molecule has 0 saturated heterocycles. The number of hydrogen-bond acceptors (Lipinski definition) is 1. The number of nitrogens with zero attached hydrogens (tertiary/aromatic N) is 1. The molecule has 0 atom stereocenters. The maximum absolute atomic E-state index is 11.0. The average Bonchev–Trinajstić information content (AvgIpc) is 2.53. The van der Waals surface area contributed by atoms with Gasteiger partial charge in [0.2, 0.25) is 5.91 Å². The van der Waals surface area contributed by atoms with E-state index >= 15 is 0 Å². The second-order valence-electron chi connectivity index (χ2n) is 8.11. The summed E-state index contributed by atoms with van der Waals surface area (Å²) in [5.41, 5.74) is 0. The Morgan fingerprint density at radius 2 is 1.12 bits per heavy atom. The number of carbonyl (C=O) groups is 1. The van der Waals surface area contributed by atoms with Gasteiger partial charge in [0.15, 0.2) is 0 Å². The summed E-state index contributed by atoms with van der Waals surface area (Å²) in [5, 5.41) is 2.83. The van der Waals surface area contributed by atoms with Crippen LogP contribution < -0.4 is 17.7 Å². The average molecular weight is 375 g/mol. The Morgan fingerprint density at radius 3 is 1.48 bits per heavy atom. The van der Waals surface area contributed by atoms with E-state index in [4.69, 9.17) is 0 Å². The first kappa shape index (κ1) is 26.7. The van der Waals surface area contributed by atoms with Gasteiger partial charge in [0, 0.05) is 6.54 Å². The van der Waals surface area contributed by atoms with Crippen LogP contribution in [0.2, 0.25) is 0 Å². The summed E-state index contributed by atoms with van der Waals surface area (Å²) in [6.07, 6.45) is 19.0. The first-order chi connectivity index (χ1) is 11.5. The summed E-state index contributed by atoms with van der Waals surface area (Å²) in [6.45, 7) is 5.54. The Balaban J connectivity index is 0. The third-order valence-corrected chi connectivity index (χ3v) is 4.49. The summed E-state index contributed by atoms with van der Waals surface area (Å²) in [4.78, 5) is 11.0. The standard InChI is InChI=1S/C21H42N2O.ClH/c1-5-21(24)22-19-17-15-13-11-9-7-6-8-10-12-14-16-18-20-23(2,3)4;/h5H,1,6-20H2,2-4H3;1H. The Morgan fingerprint density at radius 1 is 0.760 bits per heavy atom. The highest BCUT2D eigenvalue weighted by Gasteiger charge is 2.04. The summed E-state index contributed by atoms with van der Waals surface area (Å²) in [6, 6.07) is 0. The van der Waals surface area contributed by atoms with Crippen LogP contribution in [0.3, 0.4) is 0 Å². The van der Waals surface area contributed by atoms with Crippen molar-refractivity contribution < 1.29 is 21.7 Å². The largest absolute Gasteiger partial charge is 1.00 e. The predicted molar refractivity (Wildman–Crippen MR) is 106 cm³/mol. The molecule has 0 unspecified atom stereocenters. The smallest absolute Gasteiger partial charge is 0.243 e. The van der Waals surface area contributed by atoms with Gasteiger partial charge >= 0.3 is 0 Å². The Kier molecular flexibility index (Phi) is 19.5. The van der Waals surface area contributed by atoms with Crippen molar-refractivity contribution in [1.82, 2.24) is 5.32 Å². The molecule has 0 radical (unpaired) electrons. The molecule has 25 heavy (non-hydrogen) atoms. The van der Waals surface area contributed by atoms with Gasteiger partial charge in [-0.05, 0) is 25.3 Å². The van der Waals surface area contributed by atoms with Gasteiger partial charge in [-0.1, -0.05) is 70.8 Å². The zero-order valence-corrected chi connectivity index (χ0v) is 17.9. The highest BCUT2D eigenvalue weighted by Crippen LogP contribution is 2.12. The van der Waals surface area contributed by atoms with Gasteiger partial charge in [-0.3, -0.25) is 4.79 Å². The van der Waals surface area contributed by atoms with Crippen LogP contribution in [0, 0.1) is 0 Å². The minimum Gasteiger partial charge on any atom is -1.00 e. The van der Waals surface area contributed by atoms with Crippen LogP contribution in [0.25, 0.3) is 0 Å². The highest BCUT2D eigenvalue weighted by atomic mass is 35.5. The van der Waals surface area contributed by atoms with Crippen LogP contribution in [0.4, 0.5) is 0 Å². The van der Waals surface area contributed by atoms with Crippen LogP contribution in [0.1, 0.15) is 83.5 Å². The summed E-state index contributed by atoms with van der Waals surface area (Å²) in [5.74, 6) is -0.0524. The molecule has 0 aromatic rings. The molecule has 0 aliphatic rings. The van der Waals surface area contributed by atoms with E-state index < -0.39 is 0 Å². The Labute approximate surface area is 163 Å². The van der Waals surface area contributed by atoms with Crippen molar-refractivity contribution in [3.63, 3.8) is 0 Å². The van der Waals surface area contributed by atoms with Gasteiger partial charge in [-0.25, -0.2) is 0 Å². The lowest BCUT2D eigenvalue weighted by Gasteiger charge is -2.23. The molecule has 0 aromatic carbocycles. The fourth-order valence-electron chi connectivity index (χ4n) is 2.94. The highest BCUT2D eigenvalue weighted by molar-refractivity contribution is 5.86. The quantitative estimate of drug-likeness (QED) is 0.236. The first-order valence-electron chi connectivity index (χ1n) is 10.2. The molecule has 1 N–H and O–H groups in total. The summed E-state index contributed by atoms with van der Waals surface area (Å²) < 4.78 is 1.10. The zero-order chi connectivity index (χ0) is 18.1. The summed E-state index contributed by atoms with van der Waals surface area (Å²) in [7, 11) is 6.84. The van der Waals surface area contributed by atoms with Crippen LogP contribution in [-0.4, -0.2) is 44.6 Å². The fourth-order valence-corrected chi connectivity index (χ4v) is 2.94. The number of unbranched alkanes of at least 4 members (excludes halogenated alkanes) is 12. The van der Waals surface area contributed by atoms with Gasteiger partial charge in [0.1, 0.15) is 0 Å². The molecule has 0 aliphatic carbocycles. The van der Waals surface area contributed by atoms with Crippen molar-refractivity contribution in [3.05, 3.63) is 12.7 Å². The second kappa shape index (κ2) is 18.3. The molecule has 0 aromatic heterocycles. The molecular formula is C21H43ClN2O. The minimum atomic E-state index is -0.0524. The molecule has 0 rings (SSSR count). The predicted octanol–water partition coefficient (Wildman–Crippen LogP) is 2.07. The van der Waals surface area contributed by atoms with Crippen molar-refractivity contribution in [1.29, 1.82) is 0 Å². The van der Waals surface area contributed by atoms with Crippen LogP contribution in [-0.2, 0) is 4.79 Å².